The molecule has 2 heterocycles. The van der Waals surface area contributed by atoms with Crippen molar-refractivity contribution in [2.24, 2.45) is 4.99 Å². The van der Waals surface area contributed by atoms with Crippen LogP contribution in [0.2, 0.25) is 10.0 Å². The molecule has 1 aliphatic heterocycles. The fraction of sp³-hybridized carbons (Fsp3) is 0.647. The van der Waals surface area contributed by atoms with Crippen LogP contribution < -0.4 is 16.0 Å². The molecule has 0 unspecified atom stereocenters. The van der Waals surface area contributed by atoms with Gasteiger partial charge < -0.3 is 20.9 Å². The number of hydrogen-bond acceptors (Lipinski definition) is 4. The van der Waals surface area contributed by atoms with Crippen molar-refractivity contribution in [2.45, 2.75) is 32.2 Å². The van der Waals surface area contributed by atoms with Crippen LogP contribution in [0.4, 0.5) is 5.82 Å². The lowest BCUT2D eigenvalue weighted by molar-refractivity contribution is 0.206. The lowest BCUT2D eigenvalue weighted by Gasteiger charge is -2.32. The largest absolute Gasteiger partial charge is 0.367 e. The second-order valence-corrected chi connectivity index (χ2v) is 7.01. The molecule has 0 radical (unpaired) electrons. The number of nitrogens with one attached hydrogen (secondary N) is 3. The summed E-state index contributed by atoms with van der Waals surface area (Å²) in [6, 6.07) is 2.16. The zero-order chi connectivity index (χ0) is 18.1. The van der Waals surface area contributed by atoms with Crippen LogP contribution in [0.15, 0.2) is 17.3 Å². The summed E-state index contributed by atoms with van der Waals surface area (Å²) in [5.74, 6) is 1.48. The maximum atomic E-state index is 6.09. The van der Waals surface area contributed by atoms with Crippen LogP contribution in [0.1, 0.15) is 26.2 Å². The number of likely N-dealkylation sites (tertiary alicyclic amines) is 1. The van der Waals surface area contributed by atoms with E-state index in [9.17, 15) is 0 Å². The number of nitrogens with zero attached hydrogens (tertiary/aromatic N) is 3. The Kier molecular flexibility index (Phi) is 8.58. The summed E-state index contributed by atoms with van der Waals surface area (Å²) < 4.78 is 0. The van der Waals surface area contributed by atoms with Crippen LogP contribution in [0, 0.1) is 0 Å². The maximum Gasteiger partial charge on any atom is 0.191 e. The van der Waals surface area contributed by atoms with Crippen molar-refractivity contribution in [3.05, 3.63) is 22.3 Å². The van der Waals surface area contributed by atoms with E-state index in [2.05, 4.69) is 37.8 Å². The molecule has 0 bridgehead atoms. The molecule has 0 amide bonds. The minimum Gasteiger partial charge on any atom is -0.367 e. The molecule has 1 aromatic rings. The highest BCUT2D eigenvalue weighted by Crippen LogP contribution is 2.22. The smallest absolute Gasteiger partial charge is 0.191 e. The van der Waals surface area contributed by atoms with Gasteiger partial charge in [0.1, 0.15) is 5.82 Å². The van der Waals surface area contributed by atoms with Gasteiger partial charge in [0.25, 0.3) is 0 Å². The number of rotatable bonds is 7. The second-order valence-electron chi connectivity index (χ2n) is 6.17. The van der Waals surface area contributed by atoms with Crippen LogP contribution in [0.25, 0.3) is 0 Å². The first kappa shape index (κ1) is 20.1. The van der Waals surface area contributed by atoms with E-state index in [1.54, 1.807) is 19.3 Å². The summed E-state index contributed by atoms with van der Waals surface area (Å²) in [4.78, 5) is 11.0. The molecule has 0 aliphatic carbocycles. The van der Waals surface area contributed by atoms with Crippen LogP contribution >= 0.6 is 23.2 Å². The van der Waals surface area contributed by atoms with E-state index in [4.69, 9.17) is 23.2 Å². The minimum atomic E-state index is 0.486. The molecule has 140 valence electrons. The molecule has 1 aliphatic rings. The number of hydrogen-bond donors (Lipinski definition) is 3. The van der Waals surface area contributed by atoms with Gasteiger partial charge in [-0.2, -0.15) is 0 Å². The van der Waals surface area contributed by atoms with Crippen molar-refractivity contribution in [1.82, 2.24) is 20.5 Å². The minimum absolute atomic E-state index is 0.486. The van der Waals surface area contributed by atoms with Crippen molar-refractivity contribution < 1.29 is 0 Å². The summed E-state index contributed by atoms with van der Waals surface area (Å²) >= 11 is 11.9. The monoisotopic (exact) mass is 386 g/mol. The fourth-order valence-electron chi connectivity index (χ4n) is 2.91. The van der Waals surface area contributed by atoms with Gasteiger partial charge in [-0.3, -0.25) is 4.99 Å². The predicted octanol–water partition coefficient (Wildman–Crippen LogP) is 2.84. The van der Waals surface area contributed by atoms with Crippen LogP contribution in [0.3, 0.4) is 0 Å². The molecule has 2 rings (SSSR count). The molecule has 1 fully saturated rings. The average Bonchev–Trinajstić information content (AvgIpc) is 2.61. The Balaban J connectivity index is 1.67. The van der Waals surface area contributed by atoms with Crippen molar-refractivity contribution >= 4 is 35.0 Å². The van der Waals surface area contributed by atoms with E-state index in [-0.39, 0.29) is 0 Å². The van der Waals surface area contributed by atoms with Gasteiger partial charge in [0, 0.05) is 45.5 Å². The molecular formula is C17H28Cl2N6. The standard InChI is InChI=1S/C17H28Cl2N6/c1-3-8-25-9-4-14(5-10-25)24-17(20-2)22-7-6-21-16-15(19)11-13(18)12-23-16/h11-12,14H,3-10H2,1-2H3,(H,21,23)(H2,20,22,24). The SMILES string of the molecule is CCCN1CCC(NC(=NC)NCCNc2ncc(Cl)cc2Cl)CC1. The van der Waals surface area contributed by atoms with Crippen LogP contribution in [-0.2, 0) is 0 Å². The van der Waals surface area contributed by atoms with Crippen LogP contribution in [0.5, 0.6) is 0 Å². The second kappa shape index (κ2) is 10.7. The van der Waals surface area contributed by atoms with Gasteiger partial charge in [0.05, 0.1) is 10.0 Å². The molecule has 6 nitrogen and oxygen atoms in total. The van der Waals surface area contributed by atoms with E-state index < -0.39 is 0 Å². The van der Waals surface area contributed by atoms with Gasteiger partial charge >= 0.3 is 0 Å². The molecule has 3 N–H and O–H groups in total. The van der Waals surface area contributed by atoms with E-state index in [0.29, 0.717) is 28.4 Å². The third-order valence-corrected chi connectivity index (χ3v) is 4.70. The molecule has 8 heteroatoms. The van der Waals surface area contributed by atoms with Crippen molar-refractivity contribution in [1.29, 1.82) is 0 Å². The normalized spacial score (nSPS) is 16.7. The Morgan fingerprint density at radius 3 is 2.72 bits per heavy atom. The topological polar surface area (TPSA) is 64.6 Å². The zero-order valence-electron chi connectivity index (χ0n) is 15.0. The highest BCUT2D eigenvalue weighted by atomic mass is 35.5. The first-order valence-corrected chi connectivity index (χ1v) is 9.62. The Morgan fingerprint density at radius 2 is 2.08 bits per heavy atom. The summed E-state index contributed by atoms with van der Waals surface area (Å²) in [6.45, 7) is 7.15. The Labute approximate surface area is 160 Å². The van der Waals surface area contributed by atoms with Gasteiger partial charge in [0.15, 0.2) is 5.96 Å². The molecule has 0 atom stereocenters. The van der Waals surface area contributed by atoms with E-state index in [0.717, 1.165) is 38.4 Å². The highest BCUT2D eigenvalue weighted by Gasteiger charge is 2.19. The number of guanidine groups is 1. The van der Waals surface area contributed by atoms with Gasteiger partial charge in [0.2, 0.25) is 0 Å². The molecule has 0 spiro atoms. The number of aromatic nitrogens is 1. The summed E-state index contributed by atoms with van der Waals surface area (Å²) in [5, 5.41) is 11.1. The predicted molar refractivity (Wildman–Crippen MR) is 107 cm³/mol. The number of halogens is 2. The van der Waals surface area contributed by atoms with Crippen molar-refractivity contribution in [2.75, 3.05) is 45.1 Å². The lowest BCUT2D eigenvalue weighted by atomic mass is 10.1. The first-order chi connectivity index (χ1) is 12.1. The number of piperidine rings is 1. The van der Waals surface area contributed by atoms with Gasteiger partial charge in [-0.15, -0.1) is 0 Å². The van der Waals surface area contributed by atoms with Gasteiger partial charge in [-0.05, 0) is 31.9 Å². The van der Waals surface area contributed by atoms with E-state index >= 15 is 0 Å². The molecule has 0 aromatic carbocycles. The van der Waals surface area contributed by atoms with Crippen molar-refractivity contribution in [3.8, 4) is 0 Å². The van der Waals surface area contributed by atoms with E-state index in [1.165, 1.54) is 13.0 Å². The fourth-order valence-corrected chi connectivity index (χ4v) is 3.36. The van der Waals surface area contributed by atoms with Crippen LogP contribution in [-0.4, -0.2) is 61.7 Å². The summed E-state index contributed by atoms with van der Waals surface area (Å²) in [6.07, 6.45) is 5.11. The zero-order valence-corrected chi connectivity index (χ0v) is 16.5. The quantitative estimate of drug-likeness (QED) is 0.382. The number of aliphatic imine (C=N–C) groups is 1. The van der Waals surface area contributed by atoms with Gasteiger partial charge in [-0.1, -0.05) is 30.1 Å². The number of pyridine rings is 1. The van der Waals surface area contributed by atoms with Gasteiger partial charge in [-0.25, -0.2) is 4.98 Å². The number of anilines is 1. The Bertz CT molecular complexity index is 558. The van der Waals surface area contributed by atoms with Crippen molar-refractivity contribution in [3.63, 3.8) is 0 Å². The molecule has 1 saturated heterocycles. The average molecular weight is 387 g/mol. The maximum absolute atomic E-state index is 6.09. The third kappa shape index (κ3) is 6.88. The molecule has 1 aromatic heterocycles. The Morgan fingerprint density at radius 1 is 1.32 bits per heavy atom. The molecule has 0 saturated carbocycles. The first-order valence-electron chi connectivity index (χ1n) is 8.86. The molecule has 25 heavy (non-hydrogen) atoms. The molecular weight excluding hydrogens is 359 g/mol. The van der Waals surface area contributed by atoms with E-state index in [1.807, 2.05) is 0 Å². The Hall–Kier alpha value is -1.24. The highest BCUT2D eigenvalue weighted by molar-refractivity contribution is 6.35. The summed E-state index contributed by atoms with van der Waals surface area (Å²) in [5.41, 5.74) is 0. The summed E-state index contributed by atoms with van der Waals surface area (Å²) in [7, 11) is 1.80. The third-order valence-electron chi connectivity index (χ3n) is 4.21. The lowest BCUT2D eigenvalue weighted by Crippen LogP contribution is -2.49.